The molecule has 116 valence electrons. The van der Waals surface area contributed by atoms with Crippen LogP contribution in [-0.4, -0.2) is 69.4 Å². The molecular formula is C13H21N5O3. The van der Waals surface area contributed by atoms with Crippen molar-refractivity contribution < 1.29 is 14.7 Å². The predicted octanol–water partition coefficient (Wildman–Crippen LogP) is -0.278. The average Bonchev–Trinajstić information content (AvgIpc) is 2.70. The van der Waals surface area contributed by atoms with Crippen LogP contribution >= 0.6 is 0 Å². The predicted molar refractivity (Wildman–Crippen MR) is 75.7 cm³/mol. The number of amides is 2. The monoisotopic (exact) mass is 295 g/mol. The van der Waals surface area contributed by atoms with Gasteiger partial charge in [0.05, 0.1) is 12.7 Å². The Bertz CT molecular complexity index is 502. The Balaban J connectivity index is 1.78. The molecule has 1 aromatic rings. The summed E-state index contributed by atoms with van der Waals surface area (Å²) in [6.07, 6.45) is 4.36. The lowest BCUT2D eigenvalue weighted by Gasteiger charge is -2.21. The van der Waals surface area contributed by atoms with Crippen LogP contribution in [0.25, 0.3) is 0 Å². The molecule has 0 aromatic carbocycles. The first-order valence-corrected chi connectivity index (χ1v) is 6.99. The lowest BCUT2D eigenvalue weighted by atomic mass is 10.3. The molecule has 1 fully saturated rings. The van der Waals surface area contributed by atoms with Crippen LogP contribution in [0.3, 0.4) is 0 Å². The number of hydrogen-bond donors (Lipinski definition) is 2. The van der Waals surface area contributed by atoms with E-state index in [0.29, 0.717) is 32.7 Å². The summed E-state index contributed by atoms with van der Waals surface area (Å²) < 4.78 is 1.69. The van der Waals surface area contributed by atoms with Gasteiger partial charge in [0.2, 0.25) is 0 Å². The van der Waals surface area contributed by atoms with E-state index in [9.17, 15) is 9.59 Å². The van der Waals surface area contributed by atoms with Crippen molar-refractivity contribution in [1.29, 1.82) is 0 Å². The van der Waals surface area contributed by atoms with Gasteiger partial charge in [-0.2, -0.15) is 5.10 Å². The van der Waals surface area contributed by atoms with E-state index in [1.807, 2.05) is 18.1 Å². The molecule has 0 spiro atoms. The second kappa shape index (κ2) is 7.07. The molecule has 1 aliphatic heterocycles. The summed E-state index contributed by atoms with van der Waals surface area (Å²) in [7, 11) is 1.83. The van der Waals surface area contributed by atoms with Crippen molar-refractivity contribution in [2.24, 2.45) is 7.05 Å². The van der Waals surface area contributed by atoms with Gasteiger partial charge in [0, 0.05) is 51.5 Å². The topological polar surface area (TPSA) is 90.7 Å². The van der Waals surface area contributed by atoms with Gasteiger partial charge in [-0.05, 0) is 6.42 Å². The minimum atomic E-state index is -0.829. The number of urea groups is 1. The number of rotatable bonds is 4. The summed E-state index contributed by atoms with van der Waals surface area (Å²) in [5.74, 6) is -0.829. The highest BCUT2D eigenvalue weighted by Crippen LogP contribution is 2.04. The Hall–Kier alpha value is -2.09. The van der Waals surface area contributed by atoms with E-state index in [1.165, 1.54) is 0 Å². The molecule has 21 heavy (non-hydrogen) atoms. The Labute approximate surface area is 123 Å². The van der Waals surface area contributed by atoms with Crippen LogP contribution in [0.15, 0.2) is 12.4 Å². The number of nitrogens with one attached hydrogen (secondary N) is 1. The van der Waals surface area contributed by atoms with Gasteiger partial charge in [-0.25, -0.2) is 4.79 Å². The van der Waals surface area contributed by atoms with E-state index in [-0.39, 0.29) is 12.6 Å². The van der Waals surface area contributed by atoms with Crippen molar-refractivity contribution in [1.82, 2.24) is 24.9 Å². The zero-order valence-electron chi connectivity index (χ0n) is 12.2. The fraction of sp³-hybridized carbons (Fsp3) is 0.615. The van der Waals surface area contributed by atoms with Crippen LogP contribution in [0.5, 0.6) is 0 Å². The molecule has 2 amide bonds. The zero-order valence-corrected chi connectivity index (χ0v) is 12.2. The van der Waals surface area contributed by atoms with Gasteiger partial charge >= 0.3 is 12.0 Å². The second-order valence-electron chi connectivity index (χ2n) is 5.19. The number of carboxylic acids is 1. The van der Waals surface area contributed by atoms with Crippen molar-refractivity contribution >= 4 is 12.0 Å². The minimum absolute atomic E-state index is 0.0329. The van der Waals surface area contributed by atoms with Gasteiger partial charge in [0.15, 0.2) is 0 Å². The third kappa shape index (κ3) is 4.75. The Morgan fingerprint density at radius 2 is 2.14 bits per heavy atom. The van der Waals surface area contributed by atoms with Gasteiger partial charge in [0.1, 0.15) is 0 Å². The standard InChI is InChI=1S/C13H21N5O3/c1-16-9-11(8-15-16)7-14-13(21)18-4-2-3-17(5-6-18)10-12(19)20/h8-9H,2-7,10H2,1H3,(H,14,21)(H,19,20). The van der Waals surface area contributed by atoms with Gasteiger partial charge in [-0.1, -0.05) is 0 Å². The van der Waals surface area contributed by atoms with Crippen LogP contribution in [-0.2, 0) is 18.4 Å². The van der Waals surface area contributed by atoms with E-state index in [2.05, 4.69) is 10.4 Å². The summed E-state index contributed by atoms with van der Waals surface area (Å²) in [6.45, 7) is 2.97. The van der Waals surface area contributed by atoms with Crippen molar-refractivity contribution in [2.75, 3.05) is 32.7 Å². The number of hydrogen-bond acceptors (Lipinski definition) is 4. The number of nitrogens with zero attached hydrogens (tertiary/aromatic N) is 4. The van der Waals surface area contributed by atoms with E-state index >= 15 is 0 Å². The number of carboxylic acid groups (broad SMARTS) is 1. The SMILES string of the molecule is Cn1cc(CNC(=O)N2CCCN(CC(=O)O)CC2)cn1. The van der Waals surface area contributed by atoms with Crippen LogP contribution in [0.4, 0.5) is 4.79 Å². The molecule has 0 saturated carbocycles. The largest absolute Gasteiger partial charge is 0.480 e. The van der Waals surface area contributed by atoms with Crippen molar-refractivity contribution in [3.8, 4) is 0 Å². The van der Waals surface area contributed by atoms with Gasteiger partial charge in [0.25, 0.3) is 0 Å². The fourth-order valence-corrected chi connectivity index (χ4v) is 2.38. The molecule has 2 N–H and O–H groups in total. The zero-order chi connectivity index (χ0) is 15.2. The molecule has 0 unspecified atom stereocenters. The van der Waals surface area contributed by atoms with E-state index < -0.39 is 5.97 Å². The first-order valence-electron chi connectivity index (χ1n) is 6.99. The van der Waals surface area contributed by atoms with Crippen molar-refractivity contribution in [3.05, 3.63) is 18.0 Å². The summed E-state index contributed by atoms with van der Waals surface area (Å²) in [5.41, 5.74) is 0.952. The molecule has 2 rings (SSSR count). The third-order valence-corrected chi connectivity index (χ3v) is 3.44. The molecule has 1 aliphatic rings. The lowest BCUT2D eigenvalue weighted by molar-refractivity contribution is -0.138. The van der Waals surface area contributed by atoms with Crippen LogP contribution < -0.4 is 5.32 Å². The highest BCUT2D eigenvalue weighted by atomic mass is 16.4. The summed E-state index contributed by atoms with van der Waals surface area (Å²) in [5, 5.41) is 15.7. The highest BCUT2D eigenvalue weighted by molar-refractivity contribution is 5.74. The fourth-order valence-electron chi connectivity index (χ4n) is 2.38. The van der Waals surface area contributed by atoms with Crippen LogP contribution in [0, 0.1) is 0 Å². The maximum absolute atomic E-state index is 12.1. The Morgan fingerprint density at radius 3 is 2.81 bits per heavy atom. The molecule has 1 saturated heterocycles. The second-order valence-corrected chi connectivity index (χ2v) is 5.19. The smallest absolute Gasteiger partial charge is 0.317 e. The molecule has 2 heterocycles. The number of carbonyl (C=O) groups excluding carboxylic acids is 1. The van der Waals surface area contributed by atoms with Gasteiger partial charge in [-0.3, -0.25) is 14.4 Å². The van der Waals surface area contributed by atoms with Crippen LogP contribution in [0.2, 0.25) is 0 Å². The maximum Gasteiger partial charge on any atom is 0.317 e. The molecular weight excluding hydrogens is 274 g/mol. The summed E-state index contributed by atoms with van der Waals surface area (Å²) in [6, 6.07) is -0.115. The van der Waals surface area contributed by atoms with Crippen molar-refractivity contribution in [2.45, 2.75) is 13.0 Å². The maximum atomic E-state index is 12.1. The van der Waals surface area contributed by atoms with Crippen molar-refractivity contribution in [3.63, 3.8) is 0 Å². The molecule has 0 radical (unpaired) electrons. The molecule has 8 nitrogen and oxygen atoms in total. The lowest BCUT2D eigenvalue weighted by Crippen LogP contribution is -2.42. The third-order valence-electron chi connectivity index (χ3n) is 3.44. The Morgan fingerprint density at radius 1 is 1.33 bits per heavy atom. The summed E-state index contributed by atoms with van der Waals surface area (Å²) in [4.78, 5) is 26.4. The number of aromatic nitrogens is 2. The highest BCUT2D eigenvalue weighted by Gasteiger charge is 2.20. The van der Waals surface area contributed by atoms with Crippen LogP contribution in [0.1, 0.15) is 12.0 Å². The Kier molecular flexibility index (Phi) is 5.15. The summed E-state index contributed by atoms with van der Waals surface area (Å²) >= 11 is 0. The normalized spacial score (nSPS) is 16.5. The first-order chi connectivity index (χ1) is 10.0. The van der Waals surface area contributed by atoms with E-state index in [0.717, 1.165) is 12.0 Å². The van der Waals surface area contributed by atoms with Gasteiger partial charge < -0.3 is 15.3 Å². The molecule has 1 aromatic heterocycles. The van der Waals surface area contributed by atoms with Gasteiger partial charge in [-0.15, -0.1) is 0 Å². The number of aryl methyl sites for hydroxylation is 1. The quantitative estimate of drug-likeness (QED) is 0.797. The van der Waals surface area contributed by atoms with E-state index in [4.69, 9.17) is 5.11 Å². The number of carbonyl (C=O) groups is 2. The molecule has 8 heteroatoms. The minimum Gasteiger partial charge on any atom is -0.480 e. The molecule has 0 bridgehead atoms. The first kappa shape index (κ1) is 15.3. The number of aliphatic carboxylic acids is 1. The molecule has 0 aliphatic carbocycles. The average molecular weight is 295 g/mol. The molecule has 0 atom stereocenters. The van der Waals surface area contributed by atoms with E-state index in [1.54, 1.807) is 15.8 Å².